The van der Waals surface area contributed by atoms with Crippen molar-refractivity contribution in [1.82, 2.24) is 19.2 Å². The Labute approximate surface area is 206 Å². The number of carbonyl (C=O) groups is 1. The zero-order chi connectivity index (χ0) is 24.7. The van der Waals surface area contributed by atoms with Gasteiger partial charge < -0.3 is 4.74 Å². The minimum absolute atomic E-state index is 0.0263. The fourth-order valence-corrected chi connectivity index (χ4v) is 5.09. The summed E-state index contributed by atoms with van der Waals surface area (Å²) in [6, 6.07) is 20.5. The summed E-state index contributed by atoms with van der Waals surface area (Å²) in [5.74, 6) is 1.02. The van der Waals surface area contributed by atoms with E-state index >= 15 is 0 Å². The van der Waals surface area contributed by atoms with Crippen LogP contribution in [0.4, 0.5) is 0 Å². The van der Waals surface area contributed by atoms with E-state index in [1.165, 1.54) is 16.3 Å². The number of Topliss-reactive ketones (excluding diaryl/α,β-unsaturated/α-hetero) is 1. The van der Waals surface area contributed by atoms with Gasteiger partial charge in [-0.1, -0.05) is 47.7 Å². The van der Waals surface area contributed by atoms with E-state index in [4.69, 9.17) is 4.74 Å². The lowest BCUT2D eigenvalue weighted by molar-refractivity contribution is 0.0993. The molecule has 8 heteroatoms. The van der Waals surface area contributed by atoms with E-state index in [1.807, 2.05) is 79.8 Å². The highest BCUT2D eigenvalue weighted by Crippen LogP contribution is 2.29. The molecule has 176 valence electrons. The maximum absolute atomic E-state index is 13.5. The fraction of sp³-hybridized carbons (Fsp3) is 0.185. The number of ketones is 1. The van der Waals surface area contributed by atoms with Gasteiger partial charge in [0.2, 0.25) is 5.78 Å². The number of fused-ring (bicyclic) bond motifs is 3. The van der Waals surface area contributed by atoms with E-state index in [1.54, 1.807) is 19.2 Å². The van der Waals surface area contributed by atoms with Crippen LogP contribution in [0, 0.1) is 13.8 Å². The summed E-state index contributed by atoms with van der Waals surface area (Å²) in [4.78, 5) is 26.8. The number of hydrogen-bond donors (Lipinski definition) is 0. The first-order valence-electron chi connectivity index (χ1n) is 11.2. The first-order valence-corrected chi connectivity index (χ1v) is 12.1. The van der Waals surface area contributed by atoms with E-state index in [2.05, 4.69) is 10.2 Å². The molecule has 1 atom stereocenters. The number of carbonyl (C=O) groups excluding carboxylic acids is 1. The van der Waals surface area contributed by atoms with Gasteiger partial charge in [0.15, 0.2) is 10.9 Å². The van der Waals surface area contributed by atoms with E-state index in [0.717, 1.165) is 11.1 Å². The number of hydrogen-bond acceptors (Lipinski definition) is 6. The number of rotatable bonds is 6. The predicted octanol–water partition coefficient (Wildman–Crippen LogP) is 5.02. The van der Waals surface area contributed by atoms with Crippen molar-refractivity contribution in [3.63, 3.8) is 0 Å². The van der Waals surface area contributed by atoms with Gasteiger partial charge in [-0.2, -0.15) is 0 Å². The van der Waals surface area contributed by atoms with Crippen molar-refractivity contribution < 1.29 is 9.53 Å². The van der Waals surface area contributed by atoms with E-state index in [-0.39, 0.29) is 11.3 Å². The van der Waals surface area contributed by atoms with Gasteiger partial charge in [-0.05, 0) is 56.7 Å². The summed E-state index contributed by atoms with van der Waals surface area (Å²) in [7, 11) is 1.58. The fourth-order valence-electron chi connectivity index (χ4n) is 4.17. The van der Waals surface area contributed by atoms with E-state index in [0.29, 0.717) is 38.8 Å². The molecule has 0 spiro atoms. The van der Waals surface area contributed by atoms with Gasteiger partial charge in [-0.3, -0.25) is 14.0 Å². The van der Waals surface area contributed by atoms with E-state index < -0.39 is 5.25 Å². The van der Waals surface area contributed by atoms with Crippen molar-refractivity contribution in [2.75, 3.05) is 7.11 Å². The quantitative estimate of drug-likeness (QED) is 0.249. The highest BCUT2D eigenvalue weighted by Gasteiger charge is 2.24. The van der Waals surface area contributed by atoms with Gasteiger partial charge in [-0.25, -0.2) is 4.57 Å². The molecule has 2 aromatic heterocycles. The molecule has 0 saturated carbocycles. The summed E-state index contributed by atoms with van der Waals surface area (Å²) < 4.78 is 8.73. The molecule has 5 aromatic rings. The molecule has 0 amide bonds. The number of thioether (sulfide) groups is 1. The Morgan fingerprint density at radius 3 is 2.60 bits per heavy atom. The van der Waals surface area contributed by atoms with Crippen LogP contribution < -0.4 is 10.3 Å². The van der Waals surface area contributed by atoms with Crippen LogP contribution in [0.3, 0.4) is 0 Å². The molecule has 0 saturated heterocycles. The Morgan fingerprint density at radius 1 is 1.00 bits per heavy atom. The molecule has 2 heterocycles. The van der Waals surface area contributed by atoms with Crippen LogP contribution in [0.15, 0.2) is 76.7 Å². The van der Waals surface area contributed by atoms with Crippen molar-refractivity contribution in [3.8, 4) is 11.4 Å². The smallest absolute Gasteiger partial charge is 0.267 e. The largest absolute Gasteiger partial charge is 0.497 e. The molecule has 0 radical (unpaired) electrons. The van der Waals surface area contributed by atoms with Crippen molar-refractivity contribution >= 4 is 34.2 Å². The van der Waals surface area contributed by atoms with Gasteiger partial charge in [0.05, 0.1) is 29.0 Å². The van der Waals surface area contributed by atoms with Crippen LogP contribution in [0.2, 0.25) is 0 Å². The monoisotopic (exact) mass is 484 g/mol. The Balaban J connectivity index is 1.67. The molecule has 1 unspecified atom stereocenters. The molecule has 0 bridgehead atoms. The molecule has 35 heavy (non-hydrogen) atoms. The lowest BCUT2D eigenvalue weighted by atomic mass is 10.0. The topological polar surface area (TPSA) is 78.5 Å². The average Bonchev–Trinajstić information content (AvgIpc) is 3.28. The highest BCUT2D eigenvalue weighted by molar-refractivity contribution is 8.00. The van der Waals surface area contributed by atoms with Gasteiger partial charge in [0.1, 0.15) is 5.75 Å². The standard InChI is InChI=1S/C27H24N4O3S/c1-16-12-13-17(2)22(14-16)24(32)18(3)35-27-29-28-26-30(19-8-7-9-20(15-19)34-4)25(33)21-10-5-6-11-23(21)31(26)27/h5-15,18H,1-4H3. The summed E-state index contributed by atoms with van der Waals surface area (Å²) in [6.07, 6.45) is 0. The second kappa shape index (κ2) is 9.03. The maximum Gasteiger partial charge on any atom is 0.267 e. The minimum Gasteiger partial charge on any atom is -0.497 e. The number of aryl methyl sites for hydroxylation is 2. The molecule has 0 aliphatic heterocycles. The number of nitrogens with zero attached hydrogens (tertiary/aromatic N) is 4. The van der Waals surface area contributed by atoms with Gasteiger partial charge in [-0.15, -0.1) is 10.2 Å². The second-order valence-corrected chi connectivity index (χ2v) is 9.73. The summed E-state index contributed by atoms with van der Waals surface area (Å²) >= 11 is 1.33. The minimum atomic E-state index is -0.404. The average molecular weight is 485 g/mol. The van der Waals surface area contributed by atoms with E-state index in [9.17, 15) is 9.59 Å². The molecule has 0 N–H and O–H groups in total. The van der Waals surface area contributed by atoms with Crippen molar-refractivity contribution in [3.05, 3.63) is 93.8 Å². The van der Waals surface area contributed by atoms with Gasteiger partial charge in [0.25, 0.3) is 5.56 Å². The number of methoxy groups -OCH3 is 1. The Kier molecular flexibility index (Phi) is 5.90. The van der Waals surface area contributed by atoms with Crippen LogP contribution in [0.1, 0.15) is 28.4 Å². The molecule has 0 aliphatic rings. The molecule has 7 nitrogen and oxygen atoms in total. The lowest BCUT2D eigenvalue weighted by Crippen LogP contribution is -2.22. The number of para-hydroxylation sites is 1. The Hall–Kier alpha value is -3.91. The highest BCUT2D eigenvalue weighted by atomic mass is 32.2. The predicted molar refractivity (Wildman–Crippen MR) is 138 cm³/mol. The molecule has 0 fully saturated rings. The third-order valence-electron chi connectivity index (χ3n) is 6.02. The third kappa shape index (κ3) is 4.00. The summed E-state index contributed by atoms with van der Waals surface area (Å²) in [5.41, 5.74) is 3.79. The van der Waals surface area contributed by atoms with Gasteiger partial charge >= 0.3 is 0 Å². The number of ether oxygens (including phenoxy) is 1. The van der Waals surface area contributed by atoms with Crippen LogP contribution >= 0.6 is 11.8 Å². The summed E-state index contributed by atoms with van der Waals surface area (Å²) in [5, 5.41) is 9.45. The lowest BCUT2D eigenvalue weighted by Gasteiger charge is -2.14. The molecular formula is C27H24N4O3S. The normalized spacial score (nSPS) is 12.2. The third-order valence-corrected chi connectivity index (χ3v) is 7.06. The van der Waals surface area contributed by atoms with Crippen LogP contribution in [-0.2, 0) is 0 Å². The van der Waals surface area contributed by atoms with Crippen molar-refractivity contribution in [2.24, 2.45) is 0 Å². The van der Waals surface area contributed by atoms with Crippen LogP contribution in [0.5, 0.6) is 5.75 Å². The zero-order valence-electron chi connectivity index (χ0n) is 19.9. The maximum atomic E-state index is 13.5. The zero-order valence-corrected chi connectivity index (χ0v) is 20.7. The Morgan fingerprint density at radius 2 is 1.80 bits per heavy atom. The Bertz CT molecular complexity index is 1650. The first kappa shape index (κ1) is 22.9. The molecule has 3 aromatic carbocycles. The van der Waals surface area contributed by atoms with Gasteiger partial charge in [0, 0.05) is 11.6 Å². The number of benzene rings is 3. The molecular weight excluding hydrogens is 460 g/mol. The molecule has 5 rings (SSSR count). The number of aromatic nitrogens is 4. The van der Waals surface area contributed by atoms with Crippen molar-refractivity contribution in [2.45, 2.75) is 31.2 Å². The second-order valence-electron chi connectivity index (χ2n) is 8.42. The first-order chi connectivity index (χ1) is 16.9. The van der Waals surface area contributed by atoms with Crippen LogP contribution in [-0.4, -0.2) is 37.3 Å². The van der Waals surface area contributed by atoms with Crippen molar-refractivity contribution in [1.29, 1.82) is 0 Å². The summed E-state index contributed by atoms with van der Waals surface area (Å²) in [6.45, 7) is 5.79. The SMILES string of the molecule is COc1cccc(-n2c(=O)c3ccccc3n3c(SC(C)C(=O)c4cc(C)ccc4C)nnc23)c1. The molecule has 0 aliphatic carbocycles. The van der Waals surface area contributed by atoms with Crippen LogP contribution in [0.25, 0.3) is 22.4 Å².